The van der Waals surface area contributed by atoms with Crippen LogP contribution in [0.25, 0.3) is 0 Å². The van der Waals surface area contributed by atoms with Crippen LogP contribution in [0.3, 0.4) is 0 Å². The van der Waals surface area contributed by atoms with Crippen molar-refractivity contribution in [2.24, 2.45) is 11.8 Å². The summed E-state index contributed by atoms with van der Waals surface area (Å²) in [4.78, 5) is 59.5. The van der Waals surface area contributed by atoms with Gasteiger partial charge in [-0.2, -0.15) is 13.2 Å². The number of likely N-dealkylation sites (tertiary alicyclic amines) is 1. The Morgan fingerprint density at radius 3 is 2.21 bits per heavy atom. The van der Waals surface area contributed by atoms with Crippen molar-refractivity contribution in [3.8, 4) is 0 Å². The van der Waals surface area contributed by atoms with Gasteiger partial charge in [-0.3, -0.25) is 29.4 Å². The minimum absolute atomic E-state index is 0.197. The summed E-state index contributed by atoms with van der Waals surface area (Å²) in [5.74, 6) is -3.58. The van der Waals surface area contributed by atoms with Crippen molar-refractivity contribution in [1.29, 1.82) is 0 Å². The second kappa shape index (κ2) is 8.85. The van der Waals surface area contributed by atoms with Gasteiger partial charge >= 0.3 is 18.2 Å². The van der Waals surface area contributed by atoms with Crippen molar-refractivity contribution < 1.29 is 41.9 Å². The zero-order valence-electron chi connectivity index (χ0n) is 14.6. The van der Waals surface area contributed by atoms with E-state index in [0.29, 0.717) is 12.8 Å². The lowest BCUT2D eigenvalue weighted by Gasteiger charge is -2.14. The largest absolute Gasteiger partial charge is 0.456 e. The molecule has 2 atom stereocenters. The van der Waals surface area contributed by atoms with Gasteiger partial charge < -0.3 is 10.1 Å². The highest BCUT2D eigenvalue weighted by Gasteiger charge is 2.46. The lowest BCUT2D eigenvalue weighted by molar-refractivity contribution is -0.149. The zero-order valence-corrected chi connectivity index (χ0v) is 14.6. The topological polar surface area (TPSA) is 122 Å². The molecule has 0 aromatic carbocycles. The molecule has 2 rings (SSSR count). The second-order valence-electron chi connectivity index (χ2n) is 6.24. The van der Waals surface area contributed by atoms with E-state index >= 15 is 0 Å². The van der Waals surface area contributed by atoms with Crippen molar-refractivity contribution in [2.75, 3.05) is 19.7 Å². The Balaban J connectivity index is 1.69. The van der Waals surface area contributed by atoms with E-state index in [1.165, 1.54) is 5.32 Å². The van der Waals surface area contributed by atoms with E-state index in [1.807, 2.05) is 12.2 Å². The van der Waals surface area contributed by atoms with Crippen LogP contribution in [0, 0.1) is 11.8 Å². The van der Waals surface area contributed by atoms with Gasteiger partial charge in [0.05, 0.1) is 18.3 Å². The first-order chi connectivity index (χ1) is 13.1. The number of allylic oxidation sites excluding steroid dienone is 2. The Kier molecular flexibility index (Phi) is 6.75. The Morgan fingerprint density at radius 2 is 1.68 bits per heavy atom. The van der Waals surface area contributed by atoms with E-state index in [2.05, 4.69) is 4.74 Å². The average Bonchev–Trinajstić information content (AvgIpc) is 2.87. The molecule has 5 amide bonds. The zero-order chi connectivity index (χ0) is 20.9. The summed E-state index contributed by atoms with van der Waals surface area (Å²) in [6.07, 6.45) is -0.399. The molecule has 2 aliphatic rings. The van der Waals surface area contributed by atoms with Gasteiger partial charge in [-0.05, 0) is 12.8 Å². The Labute approximate surface area is 157 Å². The van der Waals surface area contributed by atoms with Crippen LogP contribution >= 0.6 is 0 Å². The van der Waals surface area contributed by atoms with Crippen LogP contribution in [-0.4, -0.2) is 60.5 Å². The number of fused-ring (bicyclic) bond motifs is 1. The number of urea groups is 1. The van der Waals surface area contributed by atoms with Crippen LogP contribution in [0.2, 0.25) is 0 Å². The number of imide groups is 2. The molecular weight excluding hydrogens is 387 g/mol. The first-order valence-corrected chi connectivity index (χ1v) is 8.39. The molecule has 0 spiro atoms. The van der Waals surface area contributed by atoms with Crippen LogP contribution in [0.4, 0.5) is 18.0 Å². The van der Waals surface area contributed by atoms with E-state index < -0.39 is 49.1 Å². The molecule has 0 bridgehead atoms. The van der Waals surface area contributed by atoms with Crippen molar-refractivity contribution in [1.82, 2.24) is 15.5 Å². The molecule has 1 aliphatic carbocycles. The van der Waals surface area contributed by atoms with E-state index in [-0.39, 0.29) is 24.8 Å². The maximum absolute atomic E-state index is 12.2. The quantitative estimate of drug-likeness (QED) is 0.371. The predicted molar refractivity (Wildman–Crippen MR) is 85.2 cm³/mol. The number of halogens is 3. The molecule has 1 saturated heterocycles. The fraction of sp³-hybridized carbons (Fsp3) is 0.562. The lowest BCUT2D eigenvalue weighted by atomic mass is 9.85. The number of carbonyl (C=O) groups excluding carboxylic acids is 5. The summed E-state index contributed by atoms with van der Waals surface area (Å²) in [6.45, 7) is -2.71. The number of esters is 1. The molecule has 1 heterocycles. The molecular formula is C16H18F3N3O6. The van der Waals surface area contributed by atoms with Gasteiger partial charge in [0, 0.05) is 6.54 Å². The van der Waals surface area contributed by atoms with Gasteiger partial charge in [0.1, 0.15) is 6.54 Å². The van der Waals surface area contributed by atoms with Gasteiger partial charge in [0.25, 0.3) is 5.91 Å². The van der Waals surface area contributed by atoms with E-state index in [0.717, 1.165) is 4.90 Å². The van der Waals surface area contributed by atoms with Crippen LogP contribution in [0.15, 0.2) is 12.2 Å². The Morgan fingerprint density at radius 1 is 1.11 bits per heavy atom. The van der Waals surface area contributed by atoms with Gasteiger partial charge in [-0.15, -0.1) is 0 Å². The summed E-state index contributed by atoms with van der Waals surface area (Å²) >= 11 is 0. The number of nitrogens with zero attached hydrogens (tertiary/aromatic N) is 1. The summed E-state index contributed by atoms with van der Waals surface area (Å²) in [5, 5.41) is 2.98. The maximum atomic E-state index is 12.2. The number of hydrogen-bond acceptors (Lipinski definition) is 6. The van der Waals surface area contributed by atoms with Gasteiger partial charge in [-0.1, -0.05) is 12.2 Å². The smallest absolute Gasteiger partial charge is 0.405 e. The van der Waals surface area contributed by atoms with Crippen LogP contribution < -0.4 is 10.6 Å². The summed E-state index contributed by atoms with van der Waals surface area (Å²) < 4.78 is 40.3. The number of nitrogens with one attached hydrogen (secondary N) is 2. The number of amides is 5. The van der Waals surface area contributed by atoms with Gasteiger partial charge in [0.2, 0.25) is 11.8 Å². The third-order valence-corrected chi connectivity index (χ3v) is 4.20. The minimum Gasteiger partial charge on any atom is -0.456 e. The highest BCUT2D eigenvalue weighted by Crippen LogP contribution is 2.34. The third kappa shape index (κ3) is 5.79. The van der Waals surface area contributed by atoms with Gasteiger partial charge in [0.15, 0.2) is 6.61 Å². The highest BCUT2D eigenvalue weighted by molar-refractivity contribution is 6.05. The van der Waals surface area contributed by atoms with Crippen molar-refractivity contribution in [3.05, 3.63) is 12.2 Å². The third-order valence-electron chi connectivity index (χ3n) is 4.20. The van der Waals surface area contributed by atoms with Crippen molar-refractivity contribution in [2.45, 2.75) is 25.4 Å². The van der Waals surface area contributed by atoms with E-state index in [4.69, 9.17) is 0 Å². The van der Waals surface area contributed by atoms with E-state index in [1.54, 1.807) is 5.32 Å². The molecule has 9 nitrogen and oxygen atoms in total. The average molecular weight is 405 g/mol. The molecule has 2 N–H and O–H groups in total. The number of ether oxygens (including phenoxy) is 1. The number of alkyl halides is 3. The molecule has 0 unspecified atom stereocenters. The van der Waals surface area contributed by atoms with Crippen molar-refractivity contribution >= 4 is 29.7 Å². The highest BCUT2D eigenvalue weighted by atomic mass is 19.4. The van der Waals surface area contributed by atoms with Crippen LogP contribution in [0.5, 0.6) is 0 Å². The predicted octanol–water partition coefficient (Wildman–Crippen LogP) is 0.259. The number of rotatable bonds is 6. The number of carbonyl (C=O) groups is 5. The maximum Gasteiger partial charge on any atom is 0.405 e. The van der Waals surface area contributed by atoms with Crippen LogP contribution in [0.1, 0.15) is 19.3 Å². The fourth-order valence-electron chi connectivity index (χ4n) is 2.90. The normalized spacial score (nSPS) is 21.3. The first kappa shape index (κ1) is 21.4. The molecule has 0 aromatic rings. The summed E-state index contributed by atoms with van der Waals surface area (Å²) in [7, 11) is 0. The SMILES string of the molecule is O=C(COC(=O)CCN1C(=O)[C@@H]2CC=CC[C@H]2C1=O)NC(=O)NCC(F)(F)F. The standard InChI is InChI=1S/C16H18F3N3O6/c17-16(18,19)8-20-15(27)21-11(23)7-28-12(24)5-6-22-13(25)9-3-1-2-4-10(9)14(22)26/h1-2,9-10H,3-8H2,(H2,20,21,23,27)/t9-,10-/m1/s1. The first-order valence-electron chi connectivity index (χ1n) is 8.39. The van der Waals surface area contributed by atoms with Crippen molar-refractivity contribution in [3.63, 3.8) is 0 Å². The molecule has 28 heavy (non-hydrogen) atoms. The monoisotopic (exact) mass is 405 g/mol. The second-order valence-corrected chi connectivity index (χ2v) is 6.24. The Hall–Kier alpha value is -2.92. The molecule has 12 heteroatoms. The lowest BCUT2D eigenvalue weighted by Crippen LogP contribution is -2.44. The summed E-state index contributed by atoms with van der Waals surface area (Å²) in [5.41, 5.74) is 0. The Bertz CT molecular complexity index is 680. The molecule has 154 valence electrons. The fourth-order valence-corrected chi connectivity index (χ4v) is 2.90. The number of hydrogen-bond donors (Lipinski definition) is 2. The van der Waals surface area contributed by atoms with E-state index in [9.17, 15) is 37.1 Å². The molecule has 1 fully saturated rings. The minimum atomic E-state index is -4.63. The summed E-state index contributed by atoms with van der Waals surface area (Å²) in [6, 6.07) is -1.39. The van der Waals surface area contributed by atoms with Gasteiger partial charge in [-0.25, -0.2) is 4.79 Å². The molecule has 1 aliphatic heterocycles. The molecule has 0 radical (unpaired) electrons. The van der Waals surface area contributed by atoms with Crippen LogP contribution in [-0.2, 0) is 23.9 Å². The molecule has 0 aromatic heterocycles. The molecule has 0 saturated carbocycles.